The Hall–Kier alpha value is -2.67. The number of methoxy groups -OCH3 is 1. The van der Waals surface area contributed by atoms with Crippen LogP contribution < -0.4 is 0 Å². The number of Topliss-reactive ketones (excluding diaryl/α,β-unsaturated/α-hetero) is 1. The molecule has 0 aliphatic heterocycles. The molecule has 144 valence electrons. The summed E-state index contributed by atoms with van der Waals surface area (Å²) in [5, 5.41) is 11.7. The van der Waals surface area contributed by atoms with E-state index in [0.717, 1.165) is 11.3 Å². The Labute approximate surface area is 168 Å². The minimum Gasteiger partial charge on any atom is -0.453 e. The van der Waals surface area contributed by atoms with Crippen LogP contribution in [-0.4, -0.2) is 30.5 Å². The van der Waals surface area contributed by atoms with Crippen LogP contribution in [0.15, 0.2) is 23.6 Å². The number of carbonyl (C=O) groups excluding carboxylic acids is 2. The average Bonchev–Trinajstić information content (AvgIpc) is 3.25. The van der Waals surface area contributed by atoms with Gasteiger partial charge in [-0.05, 0) is 19.1 Å². The highest BCUT2D eigenvalue weighted by molar-refractivity contribution is 7.21. The van der Waals surface area contributed by atoms with Gasteiger partial charge >= 0.3 is 5.97 Å². The van der Waals surface area contributed by atoms with Crippen molar-refractivity contribution in [1.82, 2.24) is 4.98 Å². The zero-order valence-electron chi connectivity index (χ0n) is 15.0. The molecule has 0 unspecified atom stereocenters. The van der Waals surface area contributed by atoms with Gasteiger partial charge in [-0.2, -0.15) is 5.26 Å². The second-order valence-corrected chi connectivity index (χ2v) is 7.83. The molecule has 0 N–H and O–H groups in total. The molecule has 3 aromatic rings. The molecule has 9 heteroatoms. The number of hydrogen-bond donors (Lipinski definition) is 0. The van der Waals surface area contributed by atoms with Crippen LogP contribution in [0.25, 0.3) is 10.1 Å². The number of nitrogens with zero attached hydrogens (tertiary/aromatic N) is 2. The van der Waals surface area contributed by atoms with Gasteiger partial charge < -0.3 is 9.47 Å². The van der Waals surface area contributed by atoms with E-state index in [0.29, 0.717) is 26.4 Å². The van der Waals surface area contributed by atoms with E-state index in [9.17, 15) is 19.2 Å². The maximum atomic E-state index is 14.2. The summed E-state index contributed by atoms with van der Waals surface area (Å²) in [6, 6.07) is 6.45. The number of esters is 1. The Bertz CT molecular complexity index is 1080. The van der Waals surface area contributed by atoms with E-state index in [2.05, 4.69) is 4.98 Å². The van der Waals surface area contributed by atoms with Crippen LogP contribution in [0, 0.1) is 24.1 Å². The van der Waals surface area contributed by atoms with Crippen molar-refractivity contribution in [3.63, 3.8) is 0 Å². The SMILES string of the molecule is COCc1c(C(=O)OCC(=O)[C@H](C#N)c2nc(C)cs2)sc2cccc(F)c12. The van der Waals surface area contributed by atoms with Crippen molar-refractivity contribution in [2.24, 2.45) is 0 Å². The number of carbonyl (C=O) groups is 2. The van der Waals surface area contributed by atoms with Gasteiger partial charge in [0, 0.05) is 33.8 Å². The van der Waals surface area contributed by atoms with Gasteiger partial charge in [-0.3, -0.25) is 4.79 Å². The van der Waals surface area contributed by atoms with E-state index in [1.165, 1.54) is 24.5 Å². The van der Waals surface area contributed by atoms with Gasteiger partial charge in [-0.25, -0.2) is 14.2 Å². The van der Waals surface area contributed by atoms with Crippen molar-refractivity contribution >= 4 is 44.5 Å². The number of aryl methyl sites for hydroxylation is 1. The Kier molecular flexibility index (Phi) is 6.14. The average molecular weight is 418 g/mol. The van der Waals surface area contributed by atoms with E-state index in [1.807, 2.05) is 6.07 Å². The summed E-state index contributed by atoms with van der Waals surface area (Å²) >= 11 is 2.27. The van der Waals surface area contributed by atoms with Crippen LogP contribution in [0.5, 0.6) is 0 Å². The summed E-state index contributed by atoms with van der Waals surface area (Å²) in [5.74, 6) is -2.87. The molecule has 3 rings (SSSR count). The molecular weight excluding hydrogens is 403 g/mol. The predicted octanol–water partition coefficient (Wildman–Crippen LogP) is 3.99. The number of thiophene rings is 1. The first-order chi connectivity index (χ1) is 13.5. The molecule has 2 heterocycles. The smallest absolute Gasteiger partial charge is 0.349 e. The summed E-state index contributed by atoms with van der Waals surface area (Å²) in [7, 11) is 1.44. The summed E-state index contributed by atoms with van der Waals surface area (Å²) in [4.78, 5) is 29.2. The Morgan fingerprint density at radius 3 is 2.82 bits per heavy atom. The number of halogens is 1. The van der Waals surface area contributed by atoms with E-state index in [1.54, 1.807) is 24.4 Å². The lowest BCUT2D eigenvalue weighted by molar-refractivity contribution is -0.122. The fraction of sp³-hybridized carbons (Fsp3) is 0.263. The number of fused-ring (bicyclic) bond motifs is 1. The Morgan fingerprint density at radius 2 is 2.18 bits per heavy atom. The van der Waals surface area contributed by atoms with Crippen LogP contribution >= 0.6 is 22.7 Å². The standard InChI is InChI=1S/C19H15FN2O4S2/c1-10-9-27-18(22-10)11(6-21)14(23)8-26-19(24)17-12(7-25-2)16-13(20)4-3-5-15(16)28-17/h3-5,9,11H,7-8H2,1-2H3/t11-/m0/s1. The van der Waals surface area contributed by atoms with Gasteiger partial charge in [0.2, 0.25) is 0 Å². The number of rotatable bonds is 7. The lowest BCUT2D eigenvalue weighted by atomic mass is 10.1. The molecule has 2 aromatic heterocycles. The van der Waals surface area contributed by atoms with Gasteiger partial charge in [0.1, 0.15) is 15.7 Å². The number of nitriles is 1. The summed E-state index contributed by atoms with van der Waals surface area (Å²) < 4.78 is 25.0. The largest absolute Gasteiger partial charge is 0.453 e. The molecule has 0 radical (unpaired) electrons. The first kappa shape index (κ1) is 20.1. The molecule has 0 bridgehead atoms. The minimum atomic E-state index is -1.09. The van der Waals surface area contributed by atoms with Crippen molar-refractivity contribution in [3.05, 3.63) is 50.5 Å². The Morgan fingerprint density at radius 1 is 1.39 bits per heavy atom. The van der Waals surface area contributed by atoms with Crippen LogP contribution in [0.2, 0.25) is 0 Å². The van der Waals surface area contributed by atoms with Crippen LogP contribution in [-0.2, 0) is 20.9 Å². The fourth-order valence-corrected chi connectivity index (χ4v) is 4.65. The third-order valence-corrected chi connectivity index (χ3v) is 6.12. The first-order valence-corrected chi connectivity index (χ1v) is 9.86. The van der Waals surface area contributed by atoms with E-state index in [-0.39, 0.29) is 11.5 Å². The van der Waals surface area contributed by atoms with Crippen molar-refractivity contribution in [3.8, 4) is 6.07 Å². The van der Waals surface area contributed by atoms with E-state index >= 15 is 0 Å². The lowest BCUT2D eigenvalue weighted by Crippen LogP contribution is -2.20. The quantitative estimate of drug-likeness (QED) is 0.539. The molecule has 1 atom stereocenters. The number of hydrogen-bond acceptors (Lipinski definition) is 8. The second-order valence-electron chi connectivity index (χ2n) is 5.89. The van der Waals surface area contributed by atoms with E-state index in [4.69, 9.17) is 9.47 Å². The van der Waals surface area contributed by atoms with Gasteiger partial charge in [-0.15, -0.1) is 22.7 Å². The molecular formula is C19H15FN2O4S2. The molecule has 28 heavy (non-hydrogen) atoms. The van der Waals surface area contributed by atoms with Crippen LogP contribution in [0.3, 0.4) is 0 Å². The molecule has 1 aromatic carbocycles. The second kappa shape index (κ2) is 8.56. The van der Waals surface area contributed by atoms with Gasteiger partial charge in [0.15, 0.2) is 18.3 Å². The molecule has 0 spiro atoms. The minimum absolute atomic E-state index is 0.0263. The lowest BCUT2D eigenvalue weighted by Gasteiger charge is -2.07. The maximum absolute atomic E-state index is 14.2. The number of thiazole rings is 1. The highest BCUT2D eigenvalue weighted by Crippen LogP contribution is 2.34. The van der Waals surface area contributed by atoms with Crippen molar-refractivity contribution in [1.29, 1.82) is 5.26 Å². The molecule has 0 aliphatic rings. The van der Waals surface area contributed by atoms with Crippen LogP contribution in [0.1, 0.15) is 31.9 Å². The molecule has 0 saturated carbocycles. The molecule has 0 aliphatic carbocycles. The number of aromatic nitrogens is 1. The molecule has 6 nitrogen and oxygen atoms in total. The van der Waals surface area contributed by atoms with E-state index < -0.39 is 30.1 Å². The van der Waals surface area contributed by atoms with Crippen molar-refractivity contribution < 1.29 is 23.5 Å². The van der Waals surface area contributed by atoms with Gasteiger partial charge in [0.05, 0.1) is 12.7 Å². The third-order valence-electron chi connectivity index (χ3n) is 3.92. The summed E-state index contributed by atoms with van der Waals surface area (Å²) in [6.45, 7) is 1.22. The molecule has 0 saturated heterocycles. The highest BCUT2D eigenvalue weighted by Gasteiger charge is 2.26. The number of benzene rings is 1. The molecule has 0 amide bonds. The van der Waals surface area contributed by atoms with Crippen molar-refractivity contribution in [2.75, 3.05) is 13.7 Å². The number of ether oxygens (including phenoxy) is 2. The normalized spacial score (nSPS) is 11.9. The highest BCUT2D eigenvalue weighted by atomic mass is 32.1. The van der Waals surface area contributed by atoms with Gasteiger partial charge in [0.25, 0.3) is 0 Å². The first-order valence-electron chi connectivity index (χ1n) is 8.16. The zero-order chi connectivity index (χ0) is 20.3. The number of ketones is 1. The summed E-state index contributed by atoms with van der Waals surface area (Å²) in [5.41, 5.74) is 1.09. The topological polar surface area (TPSA) is 89.3 Å². The summed E-state index contributed by atoms with van der Waals surface area (Å²) in [6.07, 6.45) is 0. The molecule has 0 fully saturated rings. The predicted molar refractivity (Wildman–Crippen MR) is 103 cm³/mol. The fourth-order valence-electron chi connectivity index (χ4n) is 2.67. The Balaban J connectivity index is 1.80. The maximum Gasteiger partial charge on any atom is 0.349 e. The van der Waals surface area contributed by atoms with Crippen molar-refractivity contribution in [2.45, 2.75) is 19.4 Å². The monoisotopic (exact) mass is 418 g/mol. The zero-order valence-corrected chi connectivity index (χ0v) is 16.7. The van der Waals surface area contributed by atoms with Gasteiger partial charge in [-0.1, -0.05) is 6.07 Å². The third kappa shape index (κ3) is 3.94. The van der Waals surface area contributed by atoms with Crippen LogP contribution in [0.4, 0.5) is 4.39 Å².